The number of hydrogen-bond acceptors (Lipinski definition) is 4. The largest absolute Gasteiger partial charge is 0.381 e. The lowest BCUT2D eigenvalue weighted by Gasteiger charge is -2.50. The highest BCUT2D eigenvalue weighted by Crippen LogP contribution is 2.42. The van der Waals surface area contributed by atoms with Gasteiger partial charge in [0.1, 0.15) is 0 Å². The summed E-state index contributed by atoms with van der Waals surface area (Å²) in [5, 5.41) is 0. The van der Waals surface area contributed by atoms with E-state index >= 15 is 0 Å². The Morgan fingerprint density at radius 1 is 1.00 bits per heavy atom. The fourth-order valence-electron chi connectivity index (χ4n) is 5.64. The van der Waals surface area contributed by atoms with Crippen LogP contribution in [0.15, 0.2) is 48.8 Å². The Labute approximate surface area is 168 Å². The van der Waals surface area contributed by atoms with Gasteiger partial charge in [-0.2, -0.15) is 0 Å². The monoisotopic (exact) mass is 377 g/mol. The van der Waals surface area contributed by atoms with Gasteiger partial charge in [0, 0.05) is 56.7 Å². The molecule has 0 bridgehead atoms. The fraction of sp³-hybridized carbons (Fsp3) is 0.542. The van der Waals surface area contributed by atoms with Crippen molar-refractivity contribution >= 4 is 0 Å². The maximum atomic E-state index is 5.58. The van der Waals surface area contributed by atoms with Gasteiger partial charge in [-0.25, -0.2) is 0 Å². The normalized spacial score (nSPS) is 23.6. The molecule has 0 amide bonds. The van der Waals surface area contributed by atoms with Gasteiger partial charge in [-0.1, -0.05) is 24.3 Å². The Morgan fingerprint density at radius 2 is 1.75 bits per heavy atom. The summed E-state index contributed by atoms with van der Waals surface area (Å²) in [6.07, 6.45) is 8.78. The summed E-state index contributed by atoms with van der Waals surface area (Å²) < 4.78 is 5.58. The van der Waals surface area contributed by atoms with E-state index in [0.717, 1.165) is 32.3 Å². The van der Waals surface area contributed by atoms with Gasteiger partial charge in [0.15, 0.2) is 0 Å². The number of piperidine rings is 1. The molecular weight excluding hydrogens is 346 g/mol. The third kappa shape index (κ3) is 3.61. The molecule has 28 heavy (non-hydrogen) atoms. The van der Waals surface area contributed by atoms with Gasteiger partial charge in [0.2, 0.25) is 0 Å². The van der Waals surface area contributed by atoms with Crippen molar-refractivity contribution in [2.45, 2.75) is 50.2 Å². The molecule has 0 radical (unpaired) electrons. The van der Waals surface area contributed by atoms with Crippen LogP contribution in [0.4, 0.5) is 0 Å². The predicted molar refractivity (Wildman–Crippen MR) is 111 cm³/mol. The van der Waals surface area contributed by atoms with E-state index in [0.29, 0.717) is 5.41 Å². The molecule has 4 heterocycles. The number of hydrogen-bond donors (Lipinski definition) is 0. The van der Waals surface area contributed by atoms with Gasteiger partial charge < -0.3 is 9.64 Å². The van der Waals surface area contributed by atoms with Gasteiger partial charge in [-0.3, -0.25) is 9.88 Å². The highest BCUT2D eigenvalue weighted by Gasteiger charge is 2.42. The minimum absolute atomic E-state index is 0.309. The zero-order valence-corrected chi connectivity index (χ0v) is 16.7. The topological polar surface area (TPSA) is 28.6 Å². The molecule has 2 fully saturated rings. The van der Waals surface area contributed by atoms with E-state index in [4.69, 9.17) is 4.74 Å². The molecule has 1 aromatic heterocycles. The van der Waals surface area contributed by atoms with E-state index in [1.54, 1.807) is 5.56 Å². The van der Waals surface area contributed by atoms with Gasteiger partial charge in [-0.15, -0.1) is 0 Å². The van der Waals surface area contributed by atoms with Crippen LogP contribution in [-0.2, 0) is 23.2 Å². The standard InChI is InChI=1S/C24H31N3O/c1-2-4-23-21(3-1)18-26(17-20-5-11-25-12-6-20)19-24(23)9-13-27(14-10-24)22-7-15-28-16-8-22/h1-6,11-12,22H,7-10,13-19H2. The number of aromatic nitrogens is 1. The number of fused-ring (bicyclic) bond motifs is 2. The molecule has 5 rings (SSSR count). The van der Waals surface area contributed by atoms with Crippen LogP contribution in [0.2, 0.25) is 0 Å². The highest BCUT2D eigenvalue weighted by atomic mass is 16.5. The second-order valence-corrected chi connectivity index (χ2v) is 8.82. The molecule has 1 aromatic carbocycles. The molecule has 1 spiro atoms. The molecule has 0 saturated carbocycles. The first kappa shape index (κ1) is 18.3. The Balaban J connectivity index is 1.35. The first-order valence-electron chi connectivity index (χ1n) is 10.8. The van der Waals surface area contributed by atoms with E-state index in [1.165, 1.54) is 56.4 Å². The second-order valence-electron chi connectivity index (χ2n) is 8.82. The van der Waals surface area contributed by atoms with Crippen LogP contribution in [0.25, 0.3) is 0 Å². The van der Waals surface area contributed by atoms with Crippen LogP contribution in [-0.4, -0.2) is 53.7 Å². The number of likely N-dealkylation sites (tertiary alicyclic amines) is 1. The van der Waals surface area contributed by atoms with Gasteiger partial charge in [-0.05, 0) is 67.6 Å². The van der Waals surface area contributed by atoms with Crippen molar-refractivity contribution in [2.24, 2.45) is 0 Å². The third-order valence-electron chi connectivity index (χ3n) is 7.13. The number of ether oxygens (including phenoxy) is 1. The van der Waals surface area contributed by atoms with Crippen molar-refractivity contribution in [1.82, 2.24) is 14.8 Å². The minimum atomic E-state index is 0.309. The average Bonchev–Trinajstić information content (AvgIpc) is 2.76. The van der Waals surface area contributed by atoms with Crippen molar-refractivity contribution in [1.29, 1.82) is 0 Å². The lowest BCUT2D eigenvalue weighted by atomic mass is 9.68. The fourth-order valence-corrected chi connectivity index (χ4v) is 5.64. The smallest absolute Gasteiger partial charge is 0.0480 e. The summed E-state index contributed by atoms with van der Waals surface area (Å²) in [5.74, 6) is 0. The average molecular weight is 378 g/mol. The van der Waals surface area contributed by atoms with Crippen molar-refractivity contribution in [3.63, 3.8) is 0 Å². The Morgan fingerprint density at radius 3 is 2.54 bits per heavy atom. The van der Waals surface area contributed by atoms with Crippen LogP contribution in [0, 0.1) is 0 Å². The zero-order valence-electron chi connectivity index (χ0n) is 16.7. The van der Waals surface area contributed by atoms with Crippen molar-refractivity contribution in [2.75, 3.05) is 32.8 Å². The van der Waals surface area contributed by atoms with E-state index in [2.05, 4.69) is 51.2 Å². The molecule has 3 aliphatic heterocycles. The van der Waals surface area contributed by atoms with E-state index in [1.807, 2.05) is 12.4 Å². The van der Waals surface area contributed by atoms with Crippen LogP contribution < -0.4 is 0 Å². The lowest BCUT2D eigenvalue weighted by Crippen LogP contribution is -2.54. The Bertz CT molecular complexity index is 779. The first-order valence-corrected chi connectivity index (χ1v) is 10.8. The molecule has 3 aliphatic rings. The molecule has 2 aromatic rings. The summed E-state index contributed by atoms with van der Waals surface area (Å²) >= 11 is 0. The summed E-state index contributed by atoms with van der Waals surface area (Å²) in [4.78, 5) is 9.58. The maximum Gasteiger partial charge on any atom is 0.0480 e. The van der Waals surface area contributed by atoms with E-state index in [9.17, 15) is 0 Å². The summed E-state index contributed by atoms with van der Waals surface area (Å²) in [6, 6.07) is 14.2. The molecule has 2 saturated heterocycles. The van der Waals surface area contributed by atoms with Crippen LogP contribution in [0.3, 0.4) is 0 Å². The Kier molecular flexibility index (Phi) is 5.19. The molecule has 0 unspecified atom stereocenters. The summed E-state index contributed by atoms with van der Waals surface area (Å²) in [5.41, 5.74) is 4.82. The zero-order chi connectivity index (χ0) is 18.8. The Hall–Kier alpha value is -1.75. The number of pyridine rings is 1. The van der Waals surface area contributed by atoms with E-state index in [-0.39, 0.29) is 0 Å². The van der Waals surface area contributed by atoms with Gasteiger partial charge in [0.05, 0.1) is 0 Å². The first-order chi connectivity index (χ1) is 13.8. The number of rotatable bonds is 3. The number of nitrogens with zero attached hydrogens (tertiary/aromatic N) is 3. The predicted octanol–water partition coefficient (Wildman–Crippen LogP) is 3.61. The molecule has 148 valence electrons. The lowest BCUT2D eigenvalue weighted by molar-refractivity contribution is 0.00960. The van der Waals surface area contributed by atoms with Crippen LogP contribution >= 0.6 is 0 Å². The summed E-state index contributed by atoms with van der Waals surface area (Å²) in [7, 11) is 0. The molecule has 4 nitrogen and oxygen atoms in total. The van der Waals surface area contributed by atoms with Gasteiger partial charge in [0.25, 0.3) is 0 Å². The molecule has 4 heteroatoms. The van der Waals surface area contributed by atoms with E-state index < -0.39 is 0 Å². The summed E-state index contributed by atoms with van der Waals surface area (Å²) in [6.45, 7) is 7.58. The minimum Gasteiger partial charge on any atom is -0.381 e. The van der Waals surface area contributed by atoms with Crippen molar-refractivity contribution < 1.29 is 4.74 Å². The number of benzene rings is 1. The van der Waals surface area contributed by atoms with Crippen LogP contribution in [0.5, 0.6) is 0 Å². The van der Waals surface area contributed by atoms with Crippen molar-refractivity contribution in [3.8, 4) is 0 Å². The SMILES string of the molecule is c1ccc2c(c1)CN(Cc1ccncc1)CC21CCN(C2CCOCC2)CC1. The molecular formula is C24H31N3O. The maximum absolute atomic E-state index is 5.58. The van der Waals surface area contributed by atoms with Crippen LogP contribution in [0.1, 0.15) is 42.4 Å². The quantitative estimate of drug-likeness (QED) is 0.817. The van der Waals surface area contributed by atoms with Crippen molar-refractivity contribution in [3.05, 3.63) is 65.5 Å². The second kappa shape index (κ2) is 7.94. The molecule has 0 atom stereocenters. The third-order valence-corrected chi connectivity index (χ3v) is 7.13. The molecule has 0 N–H and O–H groups in total. The van der Waals surface area contributed by atoms with Gasteiger partial charge >= 0.3 is 0 Å². The molecule has 0 aliphatic carbocycles. The highest BCUT2D eigenvalue weighted by molar-refractivity contribution is 5.38.